The first-order valence-corrected chi connectivity index (χ1v) is 6.51. The van der Waals surface area contributed by atoms with Crippen molar-refractivity contribution in [1.29, 1.82) is 0 Å². The minimum Gasteiger partial charge on any atom is -0.402 e. The Morgan fingerprint density at radius 1 is 1.00 bits per heavy atom. The van der Waals surface area contributed by atoms with Crippen LogP contribution in [0.4, 0.5) is 0 Å². The molecule has 0 bridgehead atoms. The molecule has 0 amide bonds. The fourth-order valence-corrected chi connectivity index (χ4v) is 1.25. The molecule has 4 N–H and O–H groups in total. The Hall–Kier alpha value is -0.915. The van der Waals surface area contributed by atoms with Crippen molar-refractivity contribution in [3.63, 3.8) is 0 Å². The number of rotatable bonds is 5. The number of hydrogen-bond acceptors (Lipinski definition) is 5. The summed E-state index contributed by atoms with van der Waals surface area (Å²) in [5.74, 6) is 0. The highest BCUT2D eigenvalue weighted by molar-refractivity contribution is 6.30. The molecule has 114 valence electrons. The highest BCUT2D eigenvalue weighted by atomic mass is 16.5. The zero-order valence-corrected chi connectivity index (χ0v) is 12.6. The molecule has 0 unspecified atom stereocenters. The first kappa shape index (κ1) is 19.1. The normalized spacial score (nSPS) is 11.6. The van der Waals surface area contributed by atoms with Gasteiger partial charge in [0.15, 0.2) is 0 Å². The van der Waals surface area contributed by atoms with Crippen molar-refractivity contribution in [2.75, 3.05) is 6.61 Å². The molecule has 0 saturated carbocycles. The predicted molar refractivity (Wildman–Crippen MR) is 78.9 cm³/mol. The Kier molecular flexibility index (Phi) is 8.01. The van der Waals surface area contributed by atoms with Crippen LogP contribution < -0.4 is 0 Å². The van der Waals surface area contributed by atoms with Gasteiger partial charge in [0, 0.05) is 0 Å². The lowest BCUT2D eigenvalue weighted by atomic mass is 9.89. The summed E-state index contributed by atoms with van der Waals surface area (Å²) in [6, 6.07) is 10.2. The molecule has 1 aromatic rings. The summed E-state index contributed by atoms with van der Waals surface area (Å²) in [7, 11) is -2.17. The molecular formula is C14H25BO5. The third-order valence-electron chi connectivity index (χ3n) is 3.17. The zero-order chi connectivity index (χ0) is 15.8. The first-order valence-electron chi connectivity index (χ1n) is 6.51. The Balaban J connectivity index is 0.000000796. The van der Waals surface area contributed by atoms with Crippen LogP contribution in [0.3, 0.4) is 0 Å². The van der Waals surface area contributed by atoms with Crippen LogP contribution in [0.25, 0.3) is 0 Å². The third-order valence-corrected chi connectivity index (χ3v) is 3.17. The maximum Gasteiger partial charge on any atom is 0.631 e. The van der Waals surface area contributed by atoms with Crippen LogP contribution in [0.15, 0.2) is 30.3 Å². The molecular weight excluding hydrogens is 259 g/mol. The molecule has 0 aliphatic rings. The standard InChI is InChI=1S/C14H22O2.BH3O3/c1-13(2,15)14(3,4)16-11-10-12-8-6-5-7-9-12;2-1(3)4/h5-9,15H,10-11H2,1-4H3;2-4H. The van der Waals surface area contributed by atoms with Gasteiger partial charge in [-0.1, -0.05) is 30.3 Å². The fraction of sp³-hybridized carbons (Fsp3) is 0.571. The van der Waals surface area contributed by atoms with Gasteiger partial charge in [-0.3, -0.25) is 0 Å². The lowest BCUT2D eigenvalue weighted by molar-refractivity contribution is -0.146. The van der Waals surface area contributed by atoms with E-state index in [0.717, 1.165) is 6.42 Å². The largest absolute Gasteiger partial charge is 0.631 e. The lowest BCUT2D eigenvalue weighted by Crippen LogP contribution is -2.47. The van der Waals surface area contributed by atoms with Crippen molar-refractivity contribution in [2.45, 2.75) is 45.3 Å². The summed E-state index contributed by atoms with van der Waals surface area (Å²) in [4.78, 5) is 0. The van der Waals surface area contributed by atoms with E-state index in [2.05, 4.69) is 12.1 Å². The van der Waals surface area contributed by atoms with Crippen molar-refractivity contribution < 1.29 is 24.9 Å². The van der Waals surface area contributed by atoms with Crippen LogP contribution in [-0.4, -0.2) is 45.3 Å². The Labute approximate surface area is 121 Å². The van der Waals surface area contributed by atoms with Crippen molar-refractivity contribution >= 4 is 7.32 Å². The highest BCUT2D eigenvalue weighted by Crippen LogP contribution is 2.24. The highest BCUT2D eigenvalue weighted by Gasteiger charge is 2.35. The quantitative estimate of drug-likeness (QED) is 0.599. The smallest absolute Gasteiger partial charge is 0.402 e. The number of aliphatic hydroxyl groups is 1. The second-order valence-electron chi connectivity index (χ2n) is 5.50. The van der Waals surface area contributed by atoms with E-state index in [1.165, 1.54) is 5.56 Å². The molecule has 0 aliphatic carbocycles. The van der Waals surface area contributed by atoms with Crippen LogP contribution in [0.2, 0.25) is 0 Å². The summed E-state index contributed by atoms with van der Waals surface area (Å²) in [6.45, 7) is 8.00. The molecule has 0 aliphatic heterocycles. The molecule has 0 spiro atoms. The maximum atomic E-state index is 9.92. The third kappa shape index (κ3) is 8.29. The van der Waals surface area contributed by atoms with Gasteiger partial charge in [0.05, 0.1) is 17.8 Å². The van der Waals surface area contributed by atoms with Crippen LogP contribution in [0, 0.1) is 0 Å². The Morgan fingerprint density at radius 2 is 1.45 bits per heavy atom. The average Bonchev–Trinajstić information content (AvgIpc) is 2.28. The van der Waals surface area contributed by atoms with Gasteiger partial charge in [0.25, 0.3) is 0 Å². The number of benzene rings is 1. The monoisotopic (exact) mass is 284 g/mol. The van der Waals surface area contributed by atoms with E-state index in [-0.39, 0.29) is 0 Å². The van der Waals surface area contributed by atoms with Gasteiger partial charge in [-0.05, 0) is 39.7 Å². The van der Waals surface area contributed by atoms with Gasteiger partial charge >= 0.3 is 7.32 Å². The molecule has 0 atom stereocenters. The summed E-state index contributed by atoms with van der Waals surface area (Å²) in [5, 5.41) is 31.4. The zero-order valence-electron chi connectivity index (χ0n) is 12.6. The van der Waals surface area contributed by atoms with E-state index in [0.29, 0.717) is 6.61 Å². The average molecular weight is 284 g/mol. The van der Waals surface area contributed by atoms with E-state index in [9.17, 15) is 5.11 Å². The lowest BCUT2D eigenvalue weighted by Gasteiger charge is -2.37. The molecule has 1 rings (SSSR count). The second kappa shape index (κ2) is 8.39. The molecule has 0 heterocycles. The van der Waals surface area contributed by atoms with Gasteiger partial charge in [0.2, 0.25) is 0 Å². The van der Waals surface area contributed by atoms with Gasteiger partial charge in [-0.15, -0.1) is 0 Å². The molecule has 5 nitrogen and oxygen atoms in total. The van der Waals surface area contributed by atoms with Crippen molar-refractivity contribution in [3.8, 4) is 0 Å². The van der Waals surface area contributed by atoms with E-state index in [1.54, 1.807) is 13.8 Å². The van der Waals surface area contributed by atoms with Crippen LogP contribution in [-0.2, 0) is 11.2 Å². The van der Waals surface area contributed by atoms with Crippen LogP contribution in [0.5, 0.6) is 0 Å². The summed E-state index contributed by atoms with van der Waals surface area (Å²) in [5.41, 5.74) is -0.0973. The van der Waals surface area contributed by atoms with E-state index < -0.39 is 18.5 Å². The summed E-state index contributed by atoms with van der Waals surface area (Å²) >= 11 is 0. The first-order chi connectivity index (χ1) is 9.06. The molecule has 0 aromatic heterocycles. The second-order valence-corrected chi connectivity index (χ2v) is 5.50. The topological polar surface area (TPSA) is 90.2 Å². The van der Waals surface area contributed by atoms with Crippen molar-refractivity contribution in [2.24, 2.45) is 0 Å². The Morgan fingerprint density at radius 3 is 1.85 bits per heavy atom. The van der Waals surface area contributed by atoms with E-state index in [4.69, 9.17) is 19.8 Å². The molecule has 0 fully saturated rings. The SMILES string of the molecule is CC(C)(O)C(C)(C)OCCc1ccccc1.OB(O)O. The molecule has 6 heteroatoms. The van der Waals surface area contributed by atoms with Gasteiger partial charge in [0.1, 0.15) is 0 Å². The molecule has 1 aromatic carbocycles. The van der Waals surface area contributed by atoms with Crippen molar-refractivity contribution in [1.82, 2.24) is 0 Å². The van der Waals surface area contributed by atoms with Crippen molar-refractivity contribution in [3.05, 3.63) is 35.9 Å². The minimum absolute atomic E-state index is 0.526. The van der Waals surface area contributed by atoms with Gasteiger partial charge in [-0.2, -0.15) is 0 Å². The van der Waals surface area contributed by atoms with E-state index in [1.807, 2.05) is 32.0 Å². The van der Waals surface area contributed by atoms with E-state index >= 15 is 0 Å². The van der Waals surface area contributed by atoms with Crippen LogP contribution in [0.1, 0.15) is 33.3 Å². The van der Waals surface area contributed by atoms with Gasteiger partial charge in [-0.25, -0.2) is 0 Å². The minimum atomic E-state index is -2.17. The van der Waals surface area contributed by atoms with Gasteiger partial charge < -0.3 is 24.9 Å². The number of hydrogen-bond donors (Lipinski definition) is 4. The fourth-order valence-electron chi connectivity index (χ4n) is 1.25. The molecule has 0 radical (unpaired) electrons. The molecule has 0 saturated heterocycles. The predicted octanol–water partition coefficient (Wildman–Crippen LogP) is 0.743. The Bertz CT molecular complexity index is 357. The summed E-state index contributed by atoms with van der Waals surface area (Å²) < 4.78 is 5.75. The van der Waals surface area contributed by atoms with Crippen LogP contribution >= 0.6 is 0 Å². The molecule has 20 heavy (non-hydrogen) atoms. The maximum absolute atomic E-state index is 9.92. The number of ether oxygens (including phenoxy) is 1. The summed E-state index contributed by atoms with van der Waals surface area (Å²) in [6.07, 6.45) is 0.875.